The van der Waals surface area contributed by atoms with E-state index in [2.05, 4.69) is 15.5 Å². The number of para-hydroxylation sites is 2. The summed E-state index contributed by atoms with van der Waals surface area (Å²) in [5.74, 6) is 1.05. The van der Waals surface area contributed by atoms with Crippen molar-refractivity contribution in [3.63, 3.8) is 0 Å². The molecule has 0 radical (unpaired) electrons. The van der Waals surface area contributed by atoms with Gasteiger partial charge in [0.15, 0.2) is 0 Å². The fourth-order valence-electron chi connectivity index (χ4n) is 2.16. The Bertz CT molecular complexity index is 849. The van der Waals surface area contributed by atoms with Crippen LogP contribution in [0.25, 0.3) is 5.69 Å². The lowest BCUT2D eigenvalue weighted by Crippen LogP contribution is -2.04. The number of ether oxygens (including phenoxy) is 1. The first-order chi connectivity index (χ1) is 12.0. The van der Waals surface area contributed by atoms with E-state index in [9.17, 15) is 13.2 Å². The molecule has 25 heavy (non-hydrogen) atoms. The van der Waals surface area contributed by atoms with Crippen molar-refractivity contribution in [2.24, 2.45) is 0 Å². The van der Waals surface area contributed by atoms with Crippen LogP contribution in [-0.4, -0.2) is 27.3 Å². The number of halogens is 3. The minimum Gasteiger partial charge on any atom is -0.494 e. The van der Waals surface area contributed by atoms with Crippen LogP contribution in [0.1, 0.15) is 11.1 Å². The van der Waals surface area contributed by atoms with E-state index < -0.39 is 11.7 Å². The lowest BCUT2D eigenvalue weighted by Gasteiger charge is -2.09. The van der Waals surface area contributed by atoms with Crippen LogP contribution in [0, 0.1) is 0 Å². The predicted octanol–water partition coefficient (Wildman–Crippen LogP) is 3.98. The normalized spacial score (nSPS) is 11.5. The van der Waals surface area contributed by atoms with Crippen molar-refractivity contribution in [3.8, 4) is 11.4 Å². The molecular weight excluding hydrogens is 353 g/mol. The highest BCUT2D eigenvalue weighted by molar-refractivity contribution is 7.98. The Morgan fingerprint density at radius 1 is 1.08 bits per heavy atom. The summed E-state index contributed by atoms with van der Waals surface area (Å²) in [5.41, 5.74) is 0.762. The van der Waals surface area contributed by atoms with Crippen molar-refractivity contribution in [2.45, 2.75) is 17.1 Å². The molecule has 0 atom stereocenters. The summed E-state index contributed by atoms with van der Waals surface area (Å²) in [4.78, 5) is 0. The maximum Gasteiger partial charge on any atom is 0.416 e. The van der Waals surface area contributed by atoms with Crippen molar-refractivity contribution >= 4 is 11.8 Å². The van der Waals surface area contributed by atoms with Crippen LogP contribution in [0.2, 0.25) is 0 Å². The van der Waals surface area contributed by atoms with E-state index in [1.807, 2.05) is 18.2 Å². The molecule has 0 amide bonds. The molecule has 0 aliphatic heterocycles. The van der Waals surface area contributed by atoms with Gasteiger partial charge in [-0.15, -0.1) is 5.10 Å². The van der Waals surface area contributed by atoms with Crippen LogP contribution in [0.4, 0.5) is 13.2 Å². The molecule has 0 saturated heterocycles. The minimum atomic E-state index is -4.33. The van der Waals surface area contributed by atoms with Crippen molar-refractivity contribution in [3.05, 3.63) is 59.7 Å². The quantitative estimate of drug-likeness (QED) is 0.639. The zero-order valence-electron chi connectivity index (χ0n) is 13.1. The maximum absolute atomic E-state index is 12.6. The SMILES string of the molecule is COc1ccccc1-n1nnnc1SCc1ccc(C(F)(F)F)cc1. The average molecular weight is 366 g/mol. The van der Waals surface area contributed by atoms with E-state index in [0.29, 0.717) is 22.3 Å². The molecule has 1 aromatic heterocycles. The van der Waals surface area contributed by atoms with Gasteiger partial charge in [0.1, 0.15) is 11.4 Å². The van der Waals surface area contributed by atoms with E-state index >= 15 is 0 Å². The van der Waals surface area contributed by atoms with Gasteiger partial charge in [0.05, 0.1) is 12.7 Å². The number of hydrogen-bond donors (Lipinski definition) is 0. The first-order valence-electron chi connectivity index (χ1n) is 7.20. The summed E-state index contributed by atoms with van der Waals surface area (Å²) in [6.07, 6.45) is -4.33. The largest absolute Gasteiger partial charge is 0.494 e. The fraction of sp³-hybridized carbons (Fsp3) is 0.188. The van der Waals surface area contributed by atoms with Gasteiger partial charge in [-0.1, -0.05) is 36.0 Å². The standard InChI is InChI=1S/C16H13F3N4OS/c1-24-14-5-3-2-4-13(14)23-15(20-21-22-23)25-10-11-6-8-12(9-7-11)16(17,18)19/h2-9H,10H2,1H3. The number of hydrogen-bond acceptors (Lipinski definition) is 5. The third-order valence-electron chi connectivity index (χ3n) is 3.40. The monoisotopic (exact) mass is 366 g/mol. The molecule has 0 spiro atoms. The highest BCUT2D eigenvalue weighted by Gasteiger charge is 2.29. The van der Waals surface area contributed by atoms with Crippen molar-refractivity contribution in [2.75, 3.05) is 7.11 Å². The number of thioether (sulfide) groups is 1. The second kappa shape index (κ2) is 7.14. The molecule has 0 aliphatic carbocycles. The Morgan fingerprint density at radius 2 is 1.80 bits per heavy atom. The van der Waals surface area contributed by atoms with E-state index in [4.69, 9.17) is 4.74 Å². The van der Waals surface area contributed by atoms with Crippen LogP contribution in [0.15, 0.2) is 53.7 Å². The number of nitrogens with zero attached hydrogens (tertiary/aromatic N) is 4. The average Bonchev–Trinajstić information content (AvgIpc) is 3.08. The first kappa shape index (κ1) is 17.3. The van der Waals surface area contributed by atoms with E-state index in [1.165, 1.54) is 28.6 Å². The van der Waals surface area contributed by atoms with Gasteiger partial charge in [-0.25, -0.2) is 0 Å². The van der Waals surface area contributed by atoms with Gasteiger partial charge in [-0.3, -0.25) is 0 Å². The zero-order chi connectivity index (χ0) is 17.9. The minimum absolute atomic E-state index is 0.438. The number of benzene rings is 2. The Balaban J connectivity index is 1.76. The topological polar surface area (TPSA) is 52.8 Å². The van der Waals surface area contributed by atoms with Crippen molar-refractivity contribution in [1.82, 2.24) is 20.2 Å². The van der Waals surface area contributed by atoms with Gasteiger partial charge in [0.25, 0.3) is 0 Å². The number of aromatic nitrogens is 4. The number of alkyl halides is 3. The molecule has 0 unspecified atom stereocenters. The van der Waals surface area contributed by atoms with E-state index in [-0.39, 0.29) is 0 Å². The molecule has 130 valence electrons. The Morgan fingerprint density at radius 3 is 2.48 bits per heavy atom. The molecule has 0 fully saturated rings. The third-order valence-corrected chi connectivity index (χ3v) is 4.39. The van der Waals surface area contributed by atoms with Crippen LogP contribution in [0.3, 0.4) is 0 Å². The second-order valence-electron chi connectivity index (χ2n) is 5.03. The number of tetrazole rings is 1. The summed E-state index contributed by atoms with van der Waals surface area (Å²) < 4.78 is 44.6. The highest BCUT2D eigenvalue weighted by Crippen LogP contribution is 2.31. The molecule has 0 N–H and O–H groups in total. The number of methoxy groups -OCH3 is 1. The predicted molar refractivity (Wildman–Crippen MR) is 86.7 cm³/mol. The molecule has 3 rings (SSSR count). The van der Waals surface area contributed by atoms with E-state index in [0.717, 1.165) is 17.7 Å². The van der Waals surface area contributed by atoms with Gasteiger partial charge < -0.3 is 4.74 Å². The lowest BCUT2D eigenvalue weighted by molar-refractivity contribution is -0.137. The fourth-order valence-corrected chi connectivity index (χ4v) is 3.00. The summed E-state index contributed by atoms with van der Waals surface area (Å²) >= 11 is 1.32. The smallest absolute Gasteiger partial charge is 0.416 e. The first-order valence-corrected chi connectivity index (χ1v) is 8.18. The molecule has 9 heteroatoms. The highest BCUT2D eigenvalue weighted by atomic mass is 32.2. The van der Waals surface area contributed by atoms with Crippen LogP contribution in [-0.2, 0) is 11.9 Å². The molecule has 0 bridgehead atoms. The van der Waals surface area contributed by atoms with Gasteiger partial charge in [0.2, 0.25) is 5.16 Å². The zero-order valence-corrected chi connectivity index (χ0v) is 13.9. The Hall–Kier alpha value is -2.55. The van der Waals surface area contributed by atoms with Gasteiger partial charge in [0, 0.05) is 5.75 Å². The van der Waals surface area contributed by atoms with Gasteiger partial charge >= 0.3 is 6.18 Å². The van der Waals surface area contributed by atoms with Crippen LogP contribution in [0.5, 0.6) is 5.75 Å². The Labute approximate surface area is 145 Å². The van der Waals surface area contributed by atoms with Crippen LogP contribution < -0.4 is 4.74 Å². The second-order valence-corrected chi connectivity index (χ2v) is 5.97. The van der Waals surface area contributed by atoms with Gasteiger partial charge in [-0.05, 0) is 40.3 Å². The van der Waals surface area contributed by atoms with E-state index in [1.54, 1.807) is 13.2 Å². The summed E-state index contributed by atoms with van der Waals surface area (Å²) in [7, 11) is 1.55. The molecule has 0 saturated carbocycles. The molecule has 2 aromatic carbocycles. The molecule has 5 nitrogen and oxygen atoms in total. The summed E-state index contributed by atoms with van der Waals surface area (Å²) in [6, 6.07) is 12.3. The maximum atomic E-state index is 12.6. The summed E-state index contributed by atoms with van der Waals surface area (Å²) in [5, 5.41) is 12.1. The molecule has 1 heterocycles. The van der Waals surface area contributed by atoms with Crippen molar-refractivity contribution < 1.29 is 17.9 Å². The van der Waals surface area contributed by atoms with Crippen molar-refractivity contribution in [1.29, 1.82) is 0 Å². The van der Waals surface area contributed by atoms with Crippen LogP contribution >= 0.6 is 11.8 Å². The molecule has 3 aromatic rings. The number of rotatable bonds is 5. The Kier molecular flexibility index (Phi) is 4.93. The third kappa shape index (κ3) is 3.93. The molecule has 0 aliphatic rings. The van der Waals surface area contributed by atoms with Gasteiger partial charge in [-0.2, -0.15) is 17.9 Å². The molecular formula is C16H13F3N4OS. The lowest BCUT2D eigenvalue weighted by atomic mass is 10.1. The summed E-state index contributed by atoms with van der Waals surface area (Å²) in [6.45, 7) is 0.